The van der Waals surface area contributed by atoms with Crippen LogP contribution in [0.4, 0.5) is 0 Å². The van der Waals surface area contributed by atoms with E-state index in [1.165, 1.54) is 36.8 Å². The highest BCUT2D eigenvalue weighted by Gasteiger charge is 2.25. The molecule has 1 fully saturated rings. The Hall–Kier alpha value is -0.860. The SMILES string of the molecule is Cc1cccc(C(CN)C(O)CC2CCCC2)c1. The quantitative estimate of drug-likeness (QED) is 0.840. The third kappa shape index (κ3) is 3.33. The van der Waals surface area contributed by atoms with Crippen molar-refractivity contribution in [2.75, 3.05) is 6.54 Å². The summed E-state index contributed by atoms with van der Waals surface area (Å²) in [6.45, 7) is 2.61. The van der Waals surface area contributed by atoms with E-state index in [1.54, 1.807) is 0 Å². The number of rotatable bonds is 5. The summed E-state index contributed by atoms with van der Waals surface area (Å²) in [6, 6.07) is 8.37. The lowest BCUT2D eigenvalue weighted by Crippen LogP contribution is -2.27. The first-order valence-electron chi connectivity index (χ1n) is 7.15. The molecule has 0 aromatic heterocycles. The Balaban J connectivity index is 2.02. The Bertz CT molecular complexity index is 371. The van der Waals surface area contributed by atoms with Crippen molar-refractivity contribution in [3.8, 4) is 0 Å². The second kappa shape index (κ2) is 6.35. The minimum Gasteiger partial charge on any atom is -0.392 e. The molecular formula is C16H25NO. The molecule has 100 valence electrons. The molecule has 1 aliphatic rings. The van der Waals surface area contributed by atoms with E-state index in [-0.39, 0.29) is 12.0 Å². The molecule has 1 aromatic rings. The smallest absolute Gasteiger partial charge is 0.0623 e. The lowest BCUT2D eigenvalue weighted by atomic mass is 9.86. The van der Waals surface area contributed by atoms with Crippen molar-refractivity contribution in [2.45, 2.75) is 51.0 Å². The van der Waals surface area contributed by atoms with Crippen molar-refractivity contribution in [3.63, 3.8) is 0 Å². The fourth-order valence-corrected chi connectivity index (χ4v) is 3.17. The normalized spacial score (nSPS) is 19.9. The first kappa shape index (κ1) is 13.6. The summed E-state index contributed by atoms with van der Waals surface area (Å²) < 4.78 is 0. The topological polar surface area (TPSA) is 46.2 Å². The van der Waals surface area contributed by atoms with Crippen LogP contribution >= 0.6 is 0 Å². The van der Waals surface area contributed by atoms with Crippen molar-refractivity contribution in [2.24, 2.45) is 11.7 Å². The molecule has 2 unspecified atom stereocenters. The van der Waals surface area contributed by atoms with Gasteiger partial charge in [-0.3, -0.25) is 0 Å². The lowest BCUT2D eigenvalue weighted by Gasteiger charge is -2.24. The second-order valence-electron chi connectivity index (χ2n) is 5.71. The number of aryl methyl sites for hydroxylation is 1. The van der Waals surface area contributed by atoms with Gasteiger partial charge in [-0.05, 0) is 24.8 Å². The number of nitrogens with two attached hydrogens (primary N) is 1. The summed E-state index contributed by atoms with van der Waals surface area (Å²) in [6.07, 6.45) is 5.84. The maximum atomic E-state index is 10.4. The Labute approximate surface area is 110 Å². The van der Waals surface area contributed by atoms with Crippen molar-refractivity contribution in [1.29, 1.82) is 0 Å². The van der Waals surface area contributed by atoms with Gasteiger partial charge in [0.25, 0.3) is 0 Å². The van der Waals surface area contributed by atoms with Gasteiger partial charge in [-0.15, -0.1) is 0 Å². The molecule has 1 aromatic carbocycles. The molecule has 2 rings (SSSR count). The Kier molecular flexibility index (Phi) is 4.79. The summed E-state index contributed by atoms with van der Waals surface area (Å²) in [4.78, 5) is 0. The van der Waals surface area contributed by atoms with Gasteiger partial charge in [0.2, 0.25) is 0 Å². The zero-order valence-corrected chi connectivity index (χ0v) is 11.3. The van der Waals surface area contributed by atoms with E-state index in [0.717, 1.165) is 6.42 Å². The fourth-order valence-electron chi connectivity index (χ4n) is 3.17. The van der Waals surface area contributed by atoms with Gasteiger partial charge in [0, 0.05) is 12.5 Å². The average Bonchev–Trinajstić information content (AvgIpc) is 2.83. The number of hydrogen-bond acceptors (Lipinski definition) is 2. The molecule has 0 amide bonds. The van der Waals surface area contributed by atoms with Crippen molar-refractivity contribution < 1.29 is 5.11 Å². The van der Waals surface area contributed by atoms with Crippen LogP contribution in [-0.4, -0.2) is 17.8 Å². The van der Waals surface area contributed by atoms with E-state index in [1.807, 2.05) is 0 Å². The van der Waals surface area contributed by atoms with E-state index in [4.69, 9.17) is 5.73 Å². The summed E-state index contributed by atoms with van der Waals surface area (Å²) in [5.41, 5.74) is 8.29. The molecule has 0 heterocycles. The van der Waals surface area contributed by atoms with Crippen LogP contribution in [0.2, 0.25) is 0 Å². The maximum absolute atomic E-state index is 10.4. The van der Waals surface area contributed by atoms with Gasteiger partial charge in [-0.2, -0.15) is 0 Å². The van der Waals surface area contributed by atoms with Crippen LogP contribution in [0.15, 0.2) is 24.3 Å². The lowest BCUT2D eigenvalue weighted by molar-refractivity contribution is 0.116. The van der Waals surface area contributed by atoms with Gasteiger partial charge in [0.15, 0.2) is 0 Å². The number of aliphatic hydroxyl groups is 1. The third-order valence-corrected chi connectivity index (χ3v) is 4.24. The van der Waals surface area contributed by atoms with Crippen LogP contribution in [0.25, 0.3) is 0 Å². The highest BCUT2D eigenvalue weighted by molar-refractivity contribution is 5.26. The summed E-state index contributed by atoms with van der Waals surface area (Å²) in [7, 11) is 0. The van der Waals surface area contributed by atoms with Crippen LogP contribution in [-0.2, 0) is 0 Å². The predicted octanol–water partition coefficient (Wildman–Crippen LogP) is 2.98. The molecule has 1 saturated carbocycles. The van der Waals surface area contributed by atoms with Crippen LogP contribution in [0.1, 0.15) is 49.1 Å². The van der Waals surface area contributed by atoms with Crippen molar-refractivity contribution in [1.82, 2.24) is 0 Å². The summed E-state index contributed by atoms with van der Waals surface area (Å²) >= 11 is 0. The number of aliphatic hydroxyl groups excluding tert-OH is 1. The van der Waals surface area contributed by atoms with E-state index < -0.39 is 0 Å². The van der Waals surface area contributed by atoms with Crippen molar-refractivity contribution in [3.05, 3.63) is 35.4 Å². The Morgan fingerprint density at radius 1 is 1.33 bits per heavy atom. The Morgan fingerprint density at radius 3 is 2.67 bits per heavy atom. The van der Waals surface area contributed by atoms with Crippen LogP contribution in [0, 0.1) is 12.8 Å². The summed E-state index contributed by atoms with van der Waals surface area (Å²) in [5.74, 6) is 0.796. The van der Waals surface area contributed by atoms with Crippen molar-refractivity contribution >= 4 is 0 Å². The minimum absolute atomic E-state index is 0.0884. The molecular weight excluding hydrogens is 222 g/mol. The van der Waals surface area contributed by atoms with E-state index >= 15 is 0 Å². The van der Waals surface area contributed by atoms with Gasteiger partial charge in [0.05, 0.1) is 6.10 Å². The molecule has 3 N–H and O–H groups in total. The average molecular weight is 247 g/mol. The van der Waals surface area contributed by atoms with Gasteiger partial charge >= 0.3 is 0 Å². The van der Waals surface area contributed by atoms with Crippen LogP contribution in [0.5, 0.6) is 0 Å². The van der Waals surface area contributed by atoms with E-state index in [0.29, 0.717) is 12.5 Å². The van der Waals surface area contributed by atoms with E-state index in [2.05, 4.69) is 31.2 Å². The molecule has 2 nitrogen and oxygen atoms in total. The second-order valence-corrected chi connectivity index (χ2v) is 5.71. The molecule has 2 heteroatoms. The Morgan fingerprint density at radius 2 is 2.06 bits per heavy atom. The van der Waals surface area contributed by atoms with Gasteiger partial charge in [-0.1, -0.05) is 55.5 Å². The summed E-state index contributed by atoms with van der Waals surface area (Å²) in [5, 5.41) is 10.4. The predicted molar refractivity (Wildman–Crippen MR) is 75.6 cm³/mol. The number of benzene rings is 1. The first-order chi connectivity index (χ1) is 8.70. The molecule has 0 spiro atoms. The molecule has 0 saturated heterocycles. The van der Waals surface area contributed by atoms with Gasteiger partial charge in [0.1, 0.15) is 0 Å². The van der Waals surface area contributed by atoms with Crippen LogP contribution in [0.3, 0.4) is 0 Å². The highest BCUT2D eigenvalue weighted by Crippen LogP contribution is 2.32. The molecule has 18 heavy (non-hydrogen) atoms. The first-order valence-corrected chi connectivity index (χ1v) is 7.15. The fraction of sp³-hybridized carbons (Fsp3) is 0.625. The molecule has 0 bridgehead atoms. The van der Waals surface area contributed by atoms with Gasteiger partial charge < -0.3 is 10.8 Å². The molecule has 1 aliphatic carbocycles. The molecule has 0 radical (unpaired) electrons. The zero-order chi connectivity index (χ0) is 13.0. The minimum atomic E-state index is -0.292. The van der Waals surface area contributed by atoms with E-state index in [9.17, 15) is 5.11 Å². The molecule has 0 aliphatic heterocycles. The zero-order valence-electron chi connectivity index (χ0n) is 11.3. The number of hydrogen-bond donors (Lipinski definition) is 2. The van der Waals surface area contributed by atoms with Gasteiger partial charge in [-0.25, -0.2) is 0 Å². The standard InChI is InChI=1S/C16H25NO/c1-12-5-4-8-14(9-12)15(11-17)16(18)10-13-6-2-3-7-13/h4-5,8-9,13,15-16,18H,2-3,6-7,10-11,17H2,1H3. The highest BCUT2D eigenvalue weighted by atomic mass is 16.3. The monoisotopic (exact) mass is 247 g/mol. The largest absolute Gasteiger partial charge is 0.392 e. The third-order valence-electron chi connectivity index (χ3n) is 4.24. The maximum Gasteiger partial charge on any atom is 0.0623 e. The van der Waals surface area contributed by atoms with Crippen LogP contribution < -0.4 is 5.73 Å². The molecule has 2 atom stereocenters.